The van der Waals surface area contributed by atoms with Crippen molar-refractivity contribution in [3.63, 3.8) is 0 Å². The van der Waals surface area contributed by atoms with Gasteiger partial charge in [0.15, 0.2) is 5.69 Å². The van der Waals surface area contributed by atoms with E-state index < -0.39 is 0 Å². The van der Waals surface area contributed by atoms with Gasteiger partial charge in [-0.15, -0.1) is 0 Å². The molecule has 0 aromatic heterocycles. The fourth-order valence-electron chi connectivity index (χ4n) is 2.51. The van der Waals surface area contributed by atoms with Crippen molar-refractivity contribution in [1.29, 1.82) is 0 Å². The van der Waals surface area contributed by atoms with Crippen molar-refractivity contribution < 1.29 is 0 Å². The summed E-state index contributed by atoms with van der Waals surface area (Å²) in [7, 11) is 0. The van der Waals surface area contributed by atoms with E-state index in [2.05, 4.69) is 23.3 Å². The Morgan fingerprint density at radius 2 is 1.04 bits per heavy atom. The maximum absolute atomic E-state index is 4.46. The second-order valence-corrected chi connectivity index (χ2v) is 5.10. The molecule has 0 fully saturated rings. The Kier molecular flexibility index (Phi) is 3.30. The van der Waals surface area contributed by atoms with Gasteiger partial charge in [0.05, 0.1) is 0 Å². The van der Waals surface area contributed by atoms with Crippen LogP contribution in [0.1, 0.15) is 0 Å². The molecule has 110 valence electrons. The minimum Gasteiger partial charge on any atom is -0.0621 e. The molecule has 1 heterocycles. The van der Waals surface area contributed by atoms with Gasteiger partial charge in [-0.25, -0.2) is 0 Å². The lowest BCUT2D eigenvalue weighted by Crippen LogP contribution is -2.45. The maximum Gasteiger partial charge on any atom is 0.444 e. The van der Waals surface area contributed by atoms with Crippen LogP contribution in [0.3, 0.4) is 0 Å². The van der Waals surface area contributed by atoms with Crippen LogP contribution in [0.15, 0.2) is 91.0 Å². The van der Waals surface area contributed by atoms with Gasteiger partial charge in [0, 0.05) is 5.12 Å². The molecule has 4 rings (SSSR count). The summed E-state index contributed by atoms with van der Waals surface area (Å²) < 4.78 is 0. The molecule has 0 unspecified atom stereocenters. The number of para-hydroxylation sites is 3. The summed E-state index contributed by atoms with van der Waals surface area (Å²) in [6, 6.07) is 30.3. The molecule has 4 nitrogen and oxygen atoms in total. The average molecular weight is 299 g/mol. The molecule has 0 saturated heterocycles. The molecular formula is C19H15N4+. The number of rotatable bonds is 3. The fraction of sp³-hybridized carbons (Fsp3) is 0. The van der Waals surface area contributed by atoms with E-state index in [1.807, 2.05) is 94.1 Å². The highest BCUT2D eigenvalue weighted by Gasteiger charge is 2.38. The molecule has 0 N–H and O–H groups in total. The first-order valence-corrected chi connectivity index (χ1v) is 7.45. The van der Waals surface area contributed by atoms with Crippen LogP contribution >= 0.6 is 0 Å². The molecule has 1 aliphatic rings. The van der Waals surface area contributed by atoms with E-state index in [1.165, 1.54) is 0 Å². The highest BCUT2D eigenvalue weighted by molar-refractivity contribution is 5.70. The summed E-state index contributed by atoms with van der Waals surface area (Å²) in [4.78, 5) is 4.46. The number of hydrogen-bond donors (Lipinski definition) is 0. The van der Waals surface area contributed by atoms with Gasteiger partial charge in [0.2, 0.25) is 0 Å². The summed E-state index contributed by atoms with van der Waals surface area (Å²) in [6.07, 6.45) is 3.08. The lowest BCUT2D eigenvalue weighted by molar-refractivity contribution is 0.860. The number of benzene rings is 3. The molecule has 0 radical (unpaired) electrons. The number of hydrogen-bond acceptors (Lipinski definition) is 3. The topological polar surface area (TPSA) is 14.1 Å². The Hall–Kier alpha value is -3.45. The van der Waals surface area contributed by atoms with Crippen molar-refractivity contribution >= 4 is 17.1 Å². The Morgan fingerprint density at radius 1 is 0.565 bits per heavy atom. The molecule has 0 aliphatic carbocycles. The third-order valence-electron chi connectivity index (χ3n) is 3.58. The van der Waals surface area contributed by atoms with Crippen LogP contribution in [-0.2, 0) is 0 Å². The van der Waals surface area contributed by atoms with Gasteiger partial charge in [-0.05, 0) is 46.4 Å². The first-order chi connectivity index (χ1) is 11.4. The third kappa shape index (κ3) is 2.45. The second-order valence-electron chi connectivity index (χ2n) is 5.10. The van der Waals surface area contributed by atoms with Gasteiger partial charge in [-0.1, -0.05) is 59.7 Å². The predicted molar refractivity (Wildman–Crippen MR) is 94.0 cm³/mol. The molecule has 4 heteroatoms. The first kappa shape index (κ1) is 13.2. The van der Waals surface area contributed by atoms with Crippen LogP contribution in [0, 0.1) is 6.19 Å². The van der Waals surface area contributed by atoms with E-state index in [-0.39, 0.29) is 0 Å². The van der Waals surface area contributed by atoms with Crippen LogP contribution in [0.4, 0.5) is 17.1 Å². The number of anilines is 3. The molecule has 3 aromatic rings. The third-order valence-corrected chi connectivity index (χ3v) is 3.58. The smallest absolute Gasteiger partial charge is 0.0621 e. The van der Waals surface area contributed by atoms with Crippen molar-refractivity contribution in [2.24, 2.45) is 0 Å². The summed E-state index contributed by atoms with van der Waals surface area (Å²) in [5.74, 6) is 0. The molecule has 0 saturated carbocycles. The summed E-state index contributed by atoms with van der Waals surface area (Å²) in [5, 5.41) is 5.73. The van der Waals surface area contributed by atoms with Crippen molar-refractivity contribution in [1.82, 2.24) is 0 Å². The summed E-state index contributed by atoms with van der Waals surface area (Å²) >= 11 is 0. The first-order valence-electron chi connectivity index (χ1n) is 7.45. The van der Waals surface area contributed by atoms with Crippen LogP contribution in [-0.4, -0.2) is 0 Å². The van der Waals surface area contributed by atoms with Crippen LogP contribution in [0.25, 0.3) is 4.95 Å². The van der Waals surface area contributed by atoms with Gasteiger partial charge in [-0.3, -0.25) is 0 Å². The highest BCUT2D eigenvalue weighted by atomic mass is 16.0. The Bertz CT molecular complexity index is 787. The highest BCUT2D eigenvalue weighted by Crippen LogP contribution is 2.30. The van der Waals surface area contributed by atoms with Crippen LogP contribution in [0.2, 0.25) is 0 Å². The molecule has 23 heavy (non-hydrogen) atoms. The monoisotopic (exact) mass is 299 g/mol. The summed E-state index contributed by atoms with van der Waals surface area (Å²) in [6.45, 7) is 0. The minimum absolute atomic E-state index is 0.974. The Labute approximate surface area is 135 Å². The zero-order chi connectivity index (χ0) is 15.5. The van der Waals surface area contributed by atoms with E-state index in [1.54, 1.807) is 0 Å². The SMILES string of the molecule is C1#[N+]N(c2ccccc2)N(c2ccccc2)N1c1ccccc1. The molecule has 0 bridgehead atoms. The van der Waals surface area contributed by atoms with Crippen molar-refractivity contribution in [2.45, 2.75) is 0 Å². The number of nitrogens with zero attached hydrogens (tertiary/aromatic N) is 4. The van der Waals surface area contributed by atoms with E-state index >= 15 is 0 Å². The molecular weight excluding hydrogens is 284 g/mol. The maximum atomic E-state index is 4.46. The Balaban J connectivity index is 1.79. The van der Waals surface area contributed by atoms with Crippen LogP contribution < -0.4 is 15.2 Å². The van der Waals surface area contributed by atoms with E-state index in [0.717, 1.165) is 17.1 Å². The average Bonchev–Trinajstić information content (AvgIpc) is 3.09. The predicted octanol–water partition coefficient (Wildman–Crippen LogP) is 4.56. The largest absolute Gasteiger partial charge is 0.444 e. The standard InChI is InChI=1S/C19H15N4/c1-4-10-17(11-5-1)21-16-20-22(18-12-6-2-7-13-18)23(21)19-14-8-3-9-15-19/h1-15H/q+1. The lowest BCUT2D eigenvalue weighted by Gasteiger charge is -2.24. The van der Waals surface area contributed by atoms with Gasteiger partial charge >= 0.3 is 6.19 Å². The minimum atomic E-state index is 0.974. The van der Waals surface area contributed by atoms with E-state index in [9.17, 15) is 0 Å². The summed E-state index contributed by atoms with van der Waals surface area (Å²) in [5.41, 5.74) is 2.98. The molecule has 0 spiro atoms. The lowest BCUT2D eigenvalue weighted by atomic mass is 10.3. The van der Waals surface area contributed by atoms with Gasteiger partial charge in [0.25, 0.3) is 0 Å². The zero-order valence-corrected chi connectivity index (χ0v) is 12.4. The second kappa shape index (κ2) is 5.74. The normalized spacial score (nSPS) is 13.0. The molecule has 0 amide bonds. The number of hydrazine groups is 2. The molecule has 0 atom stereocenters. The van der Waals surface area contributed by atoms with Crippen molar-refractivity contribution in [3.05, 3.63) is 95.9 Å². The van der Waals surface area contributed by atoms with Gasteiger partial charge < -0.3 is 0 Å². The fourth-order valence-corrected chi connectivity index (χ4v) is 2.51. The zero-order valence-electron chi connectivity index (χ0n) is 12.4. The van der Waals surface area contributed by atoms with Crippen molar-refractivity contribution in [2.75, 3.05) is 15.2 Å². The Morgan fingerprint density at radius 3 is 1.61 bits per heavy atom. The molecule has 3 aromatic carbocycles. The van der Waals surface area contributed by atoms with Gasteiger partial charge in [0.1, 0.15) is 11.4 Å². The van der Waals surface area contributed by atoms with Crippen LogP contribution in [0.5, 0.6) is 0 Å². The molecule has 1 aliphatic heterocycles. The van der Waals surface area contributed by atoms with Gasteiger partial charge in [-0.2, -0.15) is 0 Å². The van der Waals surface area contributed by atoms with E-state index in [0.29, 0.717) is 0 Å². The quantitative estimate of drug-likeness (QED) is 0.659. The van der Waals surface area contributed by atoms with Crippen molar-refractivity contribution in [3.8, 4) is 6.19 Å². The van der Waals surface area contributed by atoms with E-state index in [4.69, 9.17) is 0 Å².